The summed E-state index contributed by atoms with van der Waals surface area (Å²) in [6.07, 6.45) is 3.32. The molecule has 0 saturated carbocycles. The molecule has 0 unspecified atom stereocenters. The van der Waals surface area contributed by atoms with E-state index in [1.54, 1.807) is 18.5 Å². The van der Waals surface area contributed by atoms with E-state index < -0.39 is 0 Å². The lowest BCUT2D eigenvalue weighted by Crippen LogP contribution is -2.12. The van der Waals surface area contributed by atoms with Gasteiger partial charge in [0.1, 0.15) is 10.7 Å². The minimum Gasteiger partial charge on any atom is -0.388 e. The topological polar surface area (TPSA) is 76.7 Å². The lowest BCUT2D eigenvalue weighted by Gasteiger charge is -2.05. The third-order valence-corrected chi connectivity index (χ3v) is 2.28. The maximum atomic E-state index is 5.50. The van der Waals surface area contributed by atoms with Crippen LogP contribution in [0, 0.1) is 6.92 Å². The van der Waals surface area contributed by atoms with E-state index in [1.165, 1.54) is 0 Å². The van der Waals surface area contributed by atoms with E-state index in [2.05, 4.69) is 20.3 Å². The van der Waals surface area contributed by atoms with Gasteiger partial charge in [-0.15, -0.1) is 0 Å². The van der Waals surface area contributed by atoms with Gasteiger partial charge in [-0.1, -0.05) is 12.2 Å². The van der Waals surface area contributed by atoms with Gasteiger partial charge in [0.2, 0.25) is 5.95 Å². The van der Waals surface area contributed by atoms with Crippen LogP contribution < -0.4 is 11.1 Å². The molecular weight excluding hydrogens is 234 g/mol. The van der Waals surface area contributed by atoms with Crippen LogP contribution in [0.4, 0.5) is 11.6 Å². The molecule has 0 aliphatic rings. The summed E-state index contributed by atoms with van der Waals surface area (Å²) in [7, 11) is 0. The number of rotatable bonds is 3. The largest absolute Gasteiger partial charge is 0.388 e. The highest BCUT2D eigenvalue weighted by Crippen LogP contribution is 2.11. The molecule has 2 aromatic heterocycles. The van der Waals surface area contributed by atoms with Crippen LogP contribution in [-0.2, 0) is 0 Å². The molecule has 0 atom stereocenters. The van der Waals surface area contributed by atoms with Crippen LogP contribution in [0.1, 0.15) is 11.4 Å². The summed E-state index contributed by atoms with van der Waals surface area (Å²) < 4.78 is 0. The number of thiocarbonyl (C=S) groups is 1. The van der Waals surface area contributed by atoms with E-state index in [1.807, 2.05) is 19.1 Å². The number of nitrogens with one attached hydrogen (secondary N) is 1. The molecule has 2 aromatic rings. The molecule has 0 spiro atoms. The van der Waals surface area contributed by atoms with E-state index in [0.29, 0.717) is 11.6 Å². The summed E-state index contributed by atoms with van der Waals surface area (Å²) in [5, 5.41) is 3.03. The SMILES string of the molecule is Cc1ccc(Nc2nccc(C(N)=S)n2)cn1. The van der Waals surface area contributed by atoms with Crippen molar-refractivity contribution in [3.63, 3.8) is 0 Å². The Bertz CT molecular complexity index is 538. The Morgan fingerprint density at radius 1 is 1.29 bits per heavy atom. The van der Waals surface area contributed by atoms with Crippen LogP contribution in [0.3, 0.4) is 0 Å². The zero-order valence-corrected chi connectivity index (χ0v) is 10.0. The first-order valence-corrected chi connectivity index (χ1v) is 5.38. The van der Waals surface area contributed by atoms with Crippen molar-refractivity contribution in [3.05, 3.63) is 42.0 Å². The van der Waals surface area contributed by atoms with Gasteiger partial charge in [0.05, 0.1) is 11.9 Å². The zero-order chi connectivity index (χ0) is 12.3. The molecule has 0 radical (unpaired) electrons. The van der Waals surface area contributed by atoms with Gasteiger partial charge in [-0.25, -0.2) is 9.97 Å². The number of hydrogen-bond acceptors (Lipinski definition) is 5. The van der Waals surface area contributed by atoms with Crippen molar-refractivity contribution in [2.45, 2.75) is 6.92 Å². The number of aromatic nitrogens is 3. The first-order chi connectivity index (χ1) is 8.15. The van der Waals surface area contributed by atoms with Crippen molar-refractivity contribution in [1.29, 1.82) is 0 Å². The second-order valence-electron chi connectivity index (χ2n) is 3.44. The van der Waals surface area contributed by atoms with Crippen molar-refractivity contribution in [2.75, 3.05) is 5.32 Å². The number of aryl methyl sites for hydroxylation is 1. The second-order valence-corrected chi connectivity index (χ2v) is 3.88. The Hall–Kier alpha value is -2.08. The van der Waals surface area contributed by atoms with E-state index >= 15 is 0 Å². The summed E-state index contributed by atoms with van der Waals surface area (Å²) in [6, 6.07) is 5.47. The molecule has 0 fully saturated rings. The Kier molecular flexibility index (Phi) is 3.24. The Morgan fingerprint density at radius 3 is 2.76 bits per heavy atom. The van der Waals surface area contributed by atoms with Gasteiger partial charge >= 0.3 is 0 Å². The summed E-state index contributed by atoms with van der Waals surface area (Å²) in [4.78, 5) is 12.7. The second kappa shape index (κ2) is 4.84. The van der Waals surface area contributed by atoms with E-state index in [4.69, 9.17) is 18.0 Å². The van der Waals surface area contributed by atoms with Crippen molar-refractivity contribution < 1.29 is 0 Å². The lowest BCUT2D eigenvalue weighted by atomic mass is 10.3. The average molecular weight is 245 g/mol. The van der Waals surface area contributed by atoms with Gasteiger partial charge < -0.3 is 11.1 Å². The summed E-state index contributed by atoms with van der Waals surface area (Å²) >= 11 is 4.85. The van der Waals surface area contributed by atoms with E-state index in [9.17, 15) is 0 Å². The third-order valence-electron chi connectivity index (χ3n) is 2.08. The standard InChI is InChI=1S/C11H11N5S/c1-7-2-3-8(6-14-7)15-11-13-5-4-9(16-11)10(12)17/h2-6H,1H3,(H2,12,17)(H,13,15,16). The maximum absolute atomic E-state index is 5.50. The number of nitrogens with two attached hydrogens (primary N) is 1. The van der Waals surface area contributed by atoms with Crippen molar-refractivity contribution in [1.82, 2.24) is 15.0 Å². The molecule has 5 nitrogen and oxygen atoms in total. The Balaban J connectivity index is 2.21. The fraction of sp³-hybridized carbons (Fsp3) is 0.0909. The molecule has 0 aliphatic carbocycles. The molecule has 2 heterocycles. The number of hydrogen-bond donors (Lipinski definition) is 2. The Labute approximate surface area is 104 Å². The molecular formula is C11H11N5S. The molecule has 86 valence electrons. The fourth-order valence-electron chi connectivity index (χ4n) is 1.23. The van der Waals surface area contributed by atoms with Gasteiger partial charge in [0.25, 0.3) is 0 Å². The normalized spacial score (nSPS) is 9.94. The highest BCUT2D eigenvalue weighted by Gasteiger charge is 2.02. The predicted molar refractivity (Wildman–Crippen MR) is 70.2 cm³/mol. The van der Waals surface area contributed by atoms with Gasteiger partial charge in [0, 0.05) is 11.9 Å². The quantitative estimate of drug-likeness (QED) is 0.799. The molecule has 0 bridgehead atoms. The van der Waals surface area contributed by atoms with E-state index in [0.717, 1.165) is 11.4 Å². The van der Waals surface area contributed by atoms with Gasteiger partial charge in [-0.2, -0.15) is 0 Å². The highest BCUT2D eigenvalue weighted by atomic mass is 32.1. The molecule has 17 heavy (non-hydrogen) atoms. The van der Waals surface area contributed by atoms with E-state index in [-0.39, 0.29) is 4.99 Å². The number of nitrogens with zero attached hydrogens (tertiary/aromatic N) is 3. The Morgan fingerprint density at radius 2 is 2.12 bits per heavy atom. The summed E-state index contributed by atoms with van der Waals surface area (Å²) in [6.45, 7) is 1.92. The zero-order valence-electron chi connectivity index (χ0n) is 9.21. The van der Waals surface area contributed by atoms with Crippen LogP contribution in [0.5, 0.6) is 0 Å². The molecule has 2 rings (SSSR count). The molecule has 0 saturated heterocycles. The van der Waals surface area contributed by atoms with Crippen LogP contribution >= 0.6 is 12.2 Å². The van der Waals surface area contributed by atoms with Gasteiger partial charge in [0.15, 0.2) is 0 Å². The van der Waals surface area contributed by atoms with Crippen molar-refractivity contribution >= 4 is 28.8 Å². The highest BCUT2D eigenvalue weighted by molar-refractivity contribution is 7.80. The van der Waals surface area contributed by atoms with Gasteiger partial charge in [-0.3, -0.25) is 4.98 Å². The maximum Gasteiger partial charge on any atom is 0.227 e. The smallest absolute Gasteiger partial charge is 0.227 e. The average Bonchev–Trinajstić information content (AvgIpc) is 2.32. The monoisotopic (exact) mass is 245 g/mol. The first kappa shape index (κ1) is 11.4. The van der Waals surface area contributed by atoms with Crippen LogP contribution in [0.15, 0.2) is 30.6 Å². The summed E-state index contributed by atoms with van der Waals surface area (Å²) in [5.41, 5.74) is 7.80. The van der Waals surface area contributed by atoms with Gasteiger partial charge in [-0.05, 0) is 25.1 Å². The first-order valence-electron chi connectivity index (χ1n) is 4.97. The van der Waals surface area contributed by atoms with Crippen LogP contribution in [0.2, 0.25) is 0 Å². The minimum absolute atomic E-state index is 0.248. The van der Waals surface area contributed by atoms with Crippen molar-refractivity contribution in [2.24, 2.45) is 5.73 Å². The fourth-order valence-corrected chi connectivity index (χ4v) is 1.34. The predicted octanol–water partition coefficient (Wildman–Crippen LogP) is 1.56. The number of pyridine rings is 1. The number of anilines is 2. The third kappa shape index (κ3) is 2.94. The molecule has 0 aliphatic heterocycles. The molecule has 3 N–H and O–H groups in total. The minimum atomic E-state index is 0.248. The summed E-state index contributed by atoms with van der Waals surface area (Å²) in [5.74, 6) is 0.445. The lowest BCUT2D eigenvalue weighted by molar-refractivity contribution is 1.14. The van der Waals surface area contributed by atoms with Crippen LogP contribution in [0.25, 0.3) is 0 Å². The molecule has 6 heteroatoms. The molecule has 0 aromatic carbocycles. The molecule has 0 amide bonds. The van der Waals surface area contributed by atoms with Crippen molar-refractivity contribution in [3.8, 4) is 0 Å². The van der Waals surface area contributed by atoms with Crippen LogP contribution in [-0.4, -0.2) is 19.9 Å².